The number of amides is 4. The van der Waals surface area contributed by atoms with Gasteiger partial charge in [0.1, 0.15) is 12.4 Å². The van der Waals surface area contributed by atoms with Gasteiger partial charge in [-0.2, -0.15) is 0 Å². The van der Waals surface area contributed by atoms with Crippen molar-refractivity contribution in [2.45, 2.75) is 13.8 Å². The lowest BCUT2D eigenvalue weighted by molar-refractivity contribution is -0.143. The van der Waals surface area contributed by atoms with Gasteiger partial charge >= 0.3 is 17.8 Å². The minimum absolute atomic E-state index is 0.0184. The largest absolute Gasteiger partial charge is 0.492 e. The number of carbonyl (C=O) groups excluding carboxylic acids is 3. The van der Waals surface area contributed by atoms with Crippen LogP contribution in [0.1, 0.15) is 13.8 Å². The number of hydrogen-bond donors (Lipinski definition) is 0. The lowest BCUT2D eigenvalue weighted by Gasteiger charge is -2.17. The monoisotopic (exact) mass is 324 g/mol. The van der Waals surface area contributed by atoms with Gasteiger partial charge in [0, 0.05) is 11.6 Å². The summed E-state index contributed by atoms with van der Waals surface area (Å²) >= 11 is 5.83. The first kappa shape index (κ1) is 16.3. The van der Waals surface area contributed by atoms with Crippen molar-refractivity contribution < 1.29 is 19.1 Å². The number of nitrogens with zero attached hydrogens (tertiary/aromatic N) is 2. The zero-order valence-electron chi connectivity index (χ0n) is 12.4. The van der Waals surface area contributed by atoms with Gasteiger partial charge in [0.05, 0.1) is 6.54 Å². The lowest BCUT2D eigenvalue weighted by atomic mass is 10.2. The van der Waals surface area contributed by atoms with Gasteiger partial charge in [-0.3, -0.25) is 19.4 Å². The molecule has 1 fully saturated rings. The van der Waals surface area contributed by atoms with E-state index in [1.54, 1.807) is 24.3 Å². The predicted molar refractivity (Wildman–Crippen MR) is 80.6 cm³/mol. The maximum Gasteiger partial charge on any atom is 0.334 e. The molecule has 0 aliphatic carbocycles. The molecular weight excluding hydrogens is 308 g/mol. The molecule has 0 atom stereocenters. The summed E-state index contributed by atoms with van der Waals surface area (Å²) in [6.07, 6.45) is 0. The Kier molecular flexibility index (Phi) is 5.03. The Morgan fingerprint density at radius 1 is 1.14 bits per heavy atom. The van der Waals surface area contributed by atoms with Crippen molar-refractivity contribution in [3.05, 3.63) is 29.3 Å². The highest BCUT2D eigenvalue weighted by Crippen LogP contribution is 2.18. The molecule has 1 heterocycles. The van der Waals surface area contributed by atoms with E-state index in [0.29, 0.717) is 10.8 Å². The summed E-state index contributed by atoms with van der Waals surface area (Å²) in [6.45, 7) is 4.09. The van der Waals surface area contributed by atoms with E-state index in [9.17, 15) is 14.4 Å². The fraction of sp³-hybridized carbons (Fsp3) is 0.400. The number of halogens is 1. The number of benzene rings is 1. The second-order valence-electron chi connectivity index (χ2n) is 5.35. The van der Waals surface area contributed by atoms with Crippen LogP contribution in [0, 0.1) is 5.92 Å². The summed E-state index contributed by atoms with van der Waals surface area (Å²) in [5.74, 6) is -0.942. The van der Waals surface area contributed by atoms with Crippen LogP contribution < -0.4 is 4.74 Å². The number of urea groups is 1. The van der Waals surface area contributed by atoms with E-state index in [-0.39, 0.29) is 25.6 Å². The molecule has 118 valence electrons. The highest BCUT2D eigenvalue weighted by molar-refractivity contribution is 6.44. The maximum absolute atomic E-state index is 12.1. The third-order valence-corrected chi connectivity index (χ3v) is 3.30. The van der Waals surface area contributed by atoms with Crippen LogP contribution in [-0.2, 0) is 9.59 Å². The van der Waals surface area contributed by atoms with E-state index < -0.39 is 17.8 Å². The van der Waals surface area contributed by atoms with E-state index in [2.05, 4.69) is 0 Å². The molecule has 0 spiro atoms. The number of hydrogen-bond acceptors (Lipinski definition) is 4. The third kappa shape index (κ3) is 3.57. The smallest absolute Gasteiger partial charge is 0.334 e. The van der Waals surface area contributed by atoms with Gasteiger partial charge < -0.3 is 4.74 Å². The van der Waals surface area contributed by atoms with Crippen LogP contribution in [-0.4, -0.2) is 47.3 Å². The lowest BCUT2D eigenvalue weighted by Crippen LogP contribution is -2.37. The summed E-state index contributed by atoms with van der Waals surface area (Å²) < 4.78 is 5.44. The Labute approximate surface area is 133 Å². The van der Waals surface area contributed by atoms with E-state index >= 15 is 0 Å². The molecule has 1 aliphatic heterocycles. The molecule has 4 amide bonds. The minimum atomic E-state index is -0.805. The van der Waals surface area contributed by atoms with Crippen LogP contribution in [0.3, 0.4) is 0 Å². The number of imide groups is 2. The Balaban J connectivity index is 1.94. The quantitative estimate of drug-likeness (QED) is 0.594. The van der Waals surface area contributed by atoms with Gasteiger partial charge in [0.15, 0.2) is 0 Å². The zero-order valence-corrected chi connectivity index (χ0v) is 13.2. The average Bonchev–Trinajstić information content (AvgIpc) is 2.64. The molecule has 0 unspecified atom stereocenters. The van der Waals surface area contributed by atoms with Crippen LogP contribution in [0.15, 0.2) is 24.3 Å². The molecule has 1 aromatic rings. The molecule has 22 heavy (non-hydrogen) atoms. The summed E-state index contributed by atoms with van der Waals surface area (Å²) in [6, 6.07) is 6.21. The highest BCUT2D eigenvalue weighted by Gasteiger charge is 2.44. The van der Waals surface area contributed by atoms with E-state index in [4.69, 9.17) is 16.3 Å². The maximum atomic E-state index is 12.1. The van der Waals surface area contributed by atoms with Gasteiger partial charge in [0.25, 0.3) is 0 Å². The molecule has 0 N–H and O–H groups in total. The molecule has 0 bridgehead atoms. The van der Waals surface area contributed by atoms with Crippen molar-refractivity contribution in [2.24, 2.45) is 5.92 Å². The number of rotatable bonds is 6. The van der Waals surface area contributed by atoms with Crippen LogP contribution in [0.5, 0.6) is 5.75 Å². The first-order valence-corrected chi connectivity index (χ1v) is 7.33. The normalized spacial score (nSPS) is 15.2. The highest BCUT2D eigenvalue weighted by atomic mass is 35.5. The second kappa shape index (κ2) is 6.79. The zero-order chi connectivity index (χ0) is 16.3. The van der Waals surface area contributed by atoms with Crippen LogP contribution in [0.25, 0.3) is 0 Å². The Hall–Kier alpha value is -2.08. The van der Waals surface area contributed by atoms with E-state index in [1.807, 2.05) is 13.8 Å². The third-order valence-electron chi connectivity index (χ3n) is 3.06. The Morgan fingerprint density at radius 2 is 1.82 bits per heavy atom. The van der Waals surface area contributed by atoms with Gasteiger partial charge in [-0.25, -0.2) is 4.79 Å². The van der Waals surface area contributed by atoms with Crippen molar-refractivity contribution in [3.63, 3.8) is 0 Å². The summed E-state index contributed by atoms with van der Waals surface area (Å²) in [5, 5.41) is 0.532. The Bertz CT molecular complexity index is 603. The number of ether oxygens (including phenoxy) is 1. The molecule has 2 rings (SSSR count). The summed E-state index contributed by atoms with van der Waals surface area (Å²) in [7, 11) is 0. The Morgan fingerprint density at radius 3 is 2.45 bits per heavy atom. The van der Waals surface area contributed by atoms with E-state index in [0.717, 1.165) is 9.80 Å². The summed E-state index contributed by atoms with van der Waals surface area (Å²) in [4.78, 5) is 37.6. The standard InChI is InChI=1S/C15H17ClN2O4/c1-10(2)9-18-14(20)13(19)17(15(18)21)6-7-22-12-5-3-4-11(16)8-12/h3-5,8,10H,6-7,9H2,1-2H3. The van der Waals surface area contributed by atoms with Gasteiger partial charge in [0.2, 0.25) is 0 Å². The molecular formula is C15H17ClN2O4. The van der Waals surface area contributed by atoms with Crippen molar-refractivity contribution in [2.75, 3.05) is 19.7 Å². The molecule has 0 radical (unpaired) electrons. The second-order valence-corrected chi connectivity index (χ2v) is 5.79. The van der Waals surface area contributed by atoms with Gasteiger partial charge in [-0.1, -0.05) is 31.5 Å². The number of carbonyl (C=O) groups is 3. The van der Waals surface area contributed by atoms with Gasteiger partial charge in [-0.15, -0.1) is 0 Å². The first-order chi connectivity index (χ1) is 10.4. The van der Waals surface area contributed by atoms with Crippen molar-refractivity contribution in [1.29, 1.82) is 0 Å². The van der Waals surface area contributed by atoms with Gasteiger partial charge in [-0.05, 0) is 24.1 Å². The topological polar surface area (TPSA) is 66.9 Å². The summed E-state index contributed by atoms with van der Waals surface area (Å²) in [5.41, 5.74) is 0. The molecule has 0 saturated carbocycles. The van der Waals surface area contributed by atoms with Crippen LogP contribution in [0.2, 0.25) is 5.02 Å². The molecule has 1 saturated heterocycles. The van der Waals surface area contributed by atoms with E-state index in [1.165, 1.54) is 0 Å². The minimum Gasteiger partial charge on any atom is -0.492 e. The van der Waals surface area contributed by atoms with Crippen LogP contribution >= 0.6 is 11.6 Å². The van der Waals surface area contributed by atoms with Crippen molar-refractivity contribution in [3.8, 4) is 5.75 Å². The van der Waals surface area contributed by atoms with Crippen molar-refractivity contribution >= 4 is 29.4 Å². The molecule has 7 heteroatoms. The molecule has 1 aromatic carbocycles. The van der Waals surface area contributed by atoms with Crippen LogP contribution in [0.4, 0.5) is 4.79 Å². The first-order valence-electron chi connectivity index (χ1n) is 6.96. The predicted octanol–water partition coefficient (Wildman–Crippen LogP) is 2.17. The fourth-order valence-corrected chi connectivity index (χ4v) is 2.27. The fourth-order valence-electron chi connectivity index (χ4n) is 2.09. The molecule has 0 aromatic heterocycles. The average molecular weight is 325 g/mol. The SMILES string of the molecule is CC(C)CN1C(=O)C(=O)N(CCOc2cccc(Cl)c2)C1=O. The molecule has 1 aliphatic rings. The molecule has 6 nitrogen and oxygen atoms in total. The van der Waals surface area contributed by atoms with Crippen molar-refractivity contribution in [1.82, 2.24) is 9.80 Å².